The van der Waals surface area contributed by atoms with Gasteiger partial charge in [0.1, 0.15) is 5.82 Å². The van der Waals surface area contributed by atoms with Gasteiger partial charge in [-0.3, -0.25) is 9.89 Å². The number of amides is 1. The van der Waals surface area contributed by atoms with E-state index in [2.05, 4.69) is 25.8 Å². The van der Waals surface area contributed by atoms with Crippen molar-refractivity contribution in [1.29, 1.82) is 0 Å². The van der Waals surface area contributed by atoms with Crippen LogP contribution >= 0.6 is 0 Å². The number of nitrogens with zero attached hydrogens (tertiary/aromatic N) is 2. The van der Waals surface area contributed by atoms with Crippen LogP contribution in [0.25, 0.3) is 10.9 Å². The fourth-order valence-electron chi connectivity index (χ4n) is 2.83. The zero-order valence-electron chi connectivity index (χ0n) is 14.4. The van der Waals surface area contributed by atoms with Gasteiger partial charge in [-0.1, -0.05) is 30.3 Å². The second-order valence-electron chi connectivity index (χ2n) is 6.12. The highest BCUT2D eigenvalue weighted by molar-refractivity contribution is 5.98. The van der Waals surface area contributed by atoms with Crippen LogP contribution in [0.5, 0.6) is 0 Å². The first-order chi connectivity index (χ1) is 13.2. The second-order valence-corrected chi connectivity index (χ2v) is 6.12. The summed E-state index contributed by atoms with van der Waals surface area (Å²) in [6.45, 7) is 0.575. The van der Waals surface area contributed by atoms with E-state index in [1.807, 2.05) is 48.5 Å². The van der Waals surface area contributed by atoms with Gasteiger partial charge >= 0.3 is 0 Å². The van der Waals surface area contributed by atoms with E-state index in [1.165, 1.54) is 6.20 Å². The molecule has 0 aliphatic heterocycles. The number of aromatic nitrogens is 3. The summed E-state index contributed by atoms with van der Waals surface area (Å²) in [5.41, 5.74) is 9.40. The lowest BCUT2D eigenvalue weighted by atomic mass is 10.2. The topological polar surface area (TPSA) is 109 Å². The highest BCUT2D eigenvalue weighted by Gasteiger charge is 2.11. The number of hydrogen-bond donors (Lipinski definition) is 4. The zero-order valence-corrected chi connectivity index (χ0v) is 14.4. The minimum absolute atomic E-state index is 0.349. The third-order valence-electron chi connectivity index (χ3n) is 4.21. The van der Waals surface area contributed by atoms with E-state index in [4.69, 9.17) is 5.73 Å². The number of primary amides is 1. The number of nitrogens with two attached hydrogens (primary N) is 1. The van der Waals surface area contributed by atoms with E-state index < -0.39 is 5.91 Å². The van der Waals surface area contributed by atoms with Crippen LogP contribution in [-0.2, 0) is 6.54 Å². The lowest BCUT2D eigenvalue weighted by Crippen LogP contribution is -2.15. The summed E-state index contributed by atoms with van der Waals surface area (Å²) in [6, 6.07) is 17.5. The lowest BCUT2D eigenvalue weighted by Gasteiger charge is -2.13. The Morgan fingerprint density at radius 1 is 1.07 bits per heavy atom. The number of carbonyl (C=O) groups is 1. The number of anilines is 3. The van der Waals surface area contributed by atoms with Crippen molar-refractivity contribution in [3.05, 3.63) is 78.1 Å². The van der Waals surface area contributed by atoms with Gasteiger partial charge in [-0.05, 0) is 23.8 Å². The molecule has 0 aliphatic rings. The summed E-state index contributed by atoms with van der Waals surface area (Å²) in [6.07, 6.45) is 3.24. The molecule has 1 amide bonds. The van der Waals surface area contributed by atoms with Crippen molar-refractivity contribution in [2.75, 3.05) is 10.6 Å². The SMILES string of the molecule is NC(=O)c1cnc(Nc2ccc3[nH]ncc3c2)cc1NCc1ccccc1. The lowest BCUT2D eigenvalue weighted by molar-refractivity contribution is 0.100. The maximum absolute atomic E-state index is 11.7. The van der Waals surface area contributed by atoms with Crippen molar-refractivity contribution in [1.82, 2.24) is 15.2 Å². The third kappa shape index (κ3) is 3.72. The first-order valence-corrected chi connectivity index (χ1v) is 8.47. The molecule has 4 aromatic rings. The average Bonchev–Trinajstić information content (AvgIpc) is 3.15. The van der Waals surface area contributed by atoms with Crippen LogP contribution in [0.3, 0.4) is 0 Å². The number of H-pyrrole nitrogens is 1. The predicted molar refractivity (Wildman–Crippen MR) is 106 cm³/mol. The fraction of sp³-hybridized carbons (Fsp3) is 0.0500. The third-order valence-corrected chi connectivity index (χ3v) is 4.21. The molecule has 2 aromatic heterocycles. The van der Waals surface area contributed by atoms with Gasteiger partial charge in [-0.2, -0.15) is 5.10 Å². The van der Waals surface area contributed by atoms with Crippen molar-refractivity contribution in [3.8, 4) is 0 Å². The van der Waals surface area contributed by atoms with Crippen LogP contribution in [0.1, 0.15) is 15.9 Å². The Kier molecular flexibility index (Phi) is 4.40. The Labute approximate surface area is 155 Å². The van der Waals surface area contributed by atoms with Gasteiger partial charge < -0.3 is 16.4 Å². The number of carbonyl (C=O) groups excluding carboxylic acids is 1. The van der Waals surface area contributed by atoms with Gasteiger partial charge in [-0.25, -0.2) is 4.98 Å². The molecule has 7 nitrogen and oxygen atoms in total. The van der Waals surface area contributed by atoms with Crippen LogP contribution in [0.2, 0.25) is 0 Å². The van der Waals surface area contributed by atoms with Crippen LogP contribution < -0.4 is 16.4 Å². The molecule has 0 saturated heterocycles. The largest absolute Gasteiger partial charge is 0.380 e. The standard InChI is InChI=1S/C20H18N6O/c21-20(27)16-12-23-19(9-18(16)22-10-13-4-2-1-3-5-13)25-15-6-7-17-14(8-15)11-24-26-17/h1-9,11-12H,10H2,(H2,21,27)(H,24,26)(H2,22,23,25). The number of rotatable bonds is 6. The summed E-state index contributed by atoms with van der Waals surface area (Å²) in [7, 11) is 0. The van der Waals surface area contributed by atoms with Crippen LogP contribution in [0.4, 0.5) is 17.2 Å². The molecule has 134 valence electrons. The molecule has 2 aromatic carbocycles. The van der Waals surface area contributed by atoms with Gasteiger partial charge in [-0.15, -0.1) is 0 Å². The molecule has 4 rings (SSSR count). The summed E-state index contributed by atoms with van der Waals surface area (Å²) in [5.74, 6) is 0.0860. The Hall–Kier alpha value is -3.87. The first-order valence-electron chi connectivity index (χ1n) is 8.47. The van der Waals surface area contributed by atoms with Crippen molar-refractivity contribution >= 4 is 34.0 Å². The van der Waals surface area contributed by atoms with Crippen LogP contribution in [0, 0.1) is 0 Å². The maximum Gasteiger partial charge on any atom is 0.252 e. The van der Waals surface area contributed by atoms with E-state index >= 15 is 0 Å². The minimum Gasteiger partial charge on any atom is -0.380 e. The highest BCUT2D eigenvalue weighted by Crippen LogP contribution is 2.24. The maximum atomic E-state index is 11.7. The van der Waals surface area contributed by atoms with E-state index in [-0.39, 0.29) is 0 Å². The monoisotopic (exact) mass is 358 g/mol. The molecule has 0 fully saturated rings. The van der Waals surface area contributed by atoms with E-state index in [9.17, 15) is 4.79 Å². The Bertz CT molecular complexity index is 1090. The molecule has 0 atom stereocenters. The number of benzene rings is 2. The number of aromatic amines is 1. The van der Waals surface area contributed by atoms with Gasteiger partial charge in [0.15, 0.2) is 0 Å². The van der Waals surface area contributed by atoms with Crippen molar-refractivity contribution in [3.63, 3.8) is 0 Å². The van der Waals surface area contributed by atoms with E-state index in [0.717, 1.165) is 22.2 Å². The fourth-order valence-corrected chi connectivity index (χ4v) is 2.83. The quantitative estimate of drug-likeness (QED) is 0.422. The average molecular weight is 358 g/mol. The normalized spacial score (nSPS) is 10.7. The van der Waals surface area contributed by atoms with Crippen molar-refractivity contribution in [2.24, 2.45) is 5.73 Å². The number of nitrogens with one attached hydrogen (secondary N) is 3. The van der Waals surface area contributed by atoms with Crippen LogP contribution in [0.15, 0.2) is 67.0 Å². The van der Waals surface area contributed by atoms with Gasteiger partial charge in [0.25, 0.3) is 5.91 Å². The van der Waals surface area contributed by atoms with E-state index in [0.29, 0.717) is 23.6 Å². The summed E-state index contributed by atoms with van der Waals surface area (Å²) in [5, 5.41) is 14.4. The Morgan fingerprint density at radius 3 is 2.74 bits per heavy atom. The molecule has 0 aliphatic carbocycles. The zero-order chi connectivity index (χ0) is 18.6. The highest BCUT2D eigenvalue weighted by atomic mass is 16.1. The van der Waals surface area contributed by atoms with Gasteiger partial charge in [0.2, 0.25) is 0 Å². The van der Waals surface area contributed by atoms with Crippen molar-refractivity contribution < 1.29 is 4.79 Å². The number of fused-ring (bicyclic) bond motifs is 1. The molecule has 0 bridgehead atoms. The smallest absolute Gasteiger partial charge is 0.252 e. The predicted octanol–water partition coefficient (Wildman–Crippen LogP) is 3.41. The van der Waals surface area contributed by atoms with Gasteiger partial charge in [0, 0.05) is 29.9 Å². The number of pyridine rings is 1. The molecule has 2 heterocycles. The molecule has 0 radical (unpaired) electrons. The molecular formula is C20H18N6O. The summed E-state index contributed by atoms with van der Waals surface area (Å²) >= 11 is 0. The van der Waals surface area contributed by atoms with Crippen LogP contribution in [-0.4, -0.2) is 21.1 Å². The minimum atomic E-state index is -0.524. The summed E-state index contributed by atoms with van der Waals surface area (Å²) < 4.78 is 0. The summed E-state index contributed by atoms with van der Waals surface area (Å²) in [4.78, 5) is 16.0. The van der Waals surface area contributed by atoms with Crippen molar-refractivity contribution in [2.45, 2.75) is 6.54 Å². The molecule has 27 heavy (non-hydrogen) atoms. The molecule has 0 saturated carbocycles. The Balaban J connectivity index is 1.58. The molecule has 0 unspecified atom stereocenters. The molecule has 5 N–H and O–H groups in total. The first kappa shape index (κ1) is 16.6. The molecule has 0 spiro atoms. The van der Waals surface area contributed by atoms with Gasteiger partial charge in [0.05, 0.1) is 23.0 Å². The Morgan fingerprint density at radius 2 is 1.93 bits per heavy atom. The van der Waals surface area contributed by atoms with E-state index in [1.54, 1.807) is 12.3 Å². The second kappa shape index (κ2) is 7.17. The molecular weight excluding hydrogens is 340 g/mol. The number of hydrogen-bond acceptors (Lipinski definition) is 5. The molecule has 7 heteroatoms.